The number of nitrogens with one attached hydrogen (secondary N) is 2. The molecule has 2 rings (SSSR count). The molecular formula is C23H30N2O2. The molecule has 2 N–H and O–H groups in total. The lowest BCUT2D eigenvalue weighted by Crippen LogP contribution is -2.15. The molecule has 0 atom stereocenters. The average molecular weight is 367 g/mol. The second kappa shape index (κ2) is 9.36. The molecule has 0 fully saturated rings. The number of anilines is 2. The van der Waals surface area contributed by atoms with Gasteiger partial charge in [0.2, 0.25) is 5.91 Å². The first-order valence-electron chi connectivity index (χ1n) is 9.61. The van der Waals surface area contributed by atoms with Gasteiger partial charge < -0.3 is 10.6 Å². The lowest BCUT2D eigenvalue weighted by Gasteiger charge is -2.19. The molecule has 0 aliphatic rings. The Balaban J connectivity index is 1.99. The van der Waals surface area contributed by atoms with Gasteiger partial charge in [-0.25, -0.2) is 0 Å². The Morgan fingerprint density at radius 2 is 1.52 bits per heavy atom. The number of carbonyl (C=O) groups excluding carboxylic acids is 2. The van der Waals surface area contributed by atoms with Crippen LogP contribution in [0.3, 0.4) is 0 Å². The van der Waals surface area contributed by atoms with Gasteiger partial charge in [-0.05, 0) is 47.7 Å². The van der Waals surface area contributed by atoms with E-state index in [-0.39, 0.29) is 17.2 Å². The second-order valence-electron chi connectivity index (χ2n) is 7.87. The summed E-state index contributed by atoms with van der Waals surface area (Å²) in [6.07, 6.45) is 3.55. The van der Waals surface area contributed by atoms with E-state index in [0.29, 0.717) is 23.4 Å². The van der Waals surface area contributed by atoms with Crippen molar-refractivity contribution in [2.24, 2.45) is 0 Å². The highest BCUT2D eigenvalue weighted by Crippen LogP contribution is 2.23. The van der Waals surface area contributed by atoms with Crippen LogP contribution in [0.4, 0.5) is 11.4 Å². The van der Waals surface area contributed by atoms with Crippen molar-refractivity contribution in [3.63, 3.8) is 0 Å². The zero-order chi connectivity index (χ0) is 19.9. The normalized spacial score (nSPS) is 11.1. The molecule has 2 amide bonds. The molecule has 4 nitrogen and oxygen atoms in total. The van der Waals surface area contributed by atoms with Gasteiger partial charge in [-0.1, -0.05) is 58.7 Å². The SMILES string of the molecule is CCCCCC(=O)Nc1cccc(NC(=O)c2ccc(C(C)(C)C)cc2)c1. The van der Waals surface area contributed by atoms with Crippen LogP contribution in [0.25, 0.3) is 0 Å². The summed E-state index contributed by atoms with van der Waals surface area (Å²) < 4.78 is 0. The number of unbranched alkanes of at least 4 members (excludes halogenated alkanes) is 2. The van der Waals surface area contributed by atoms with E-state index in [1.807, 2.05) is 42.5 Å². The van der Waals surface area contributed by atoms with Crippen LogP contribution < -0.4 is 10.6 Å². The summed E-state index contributed by atoms with van der Waals surface area (Å²) >= 11 is 0. The van der Waals surface area contributed by atoms with Crippen LogP contribution in [0.2, 0.25) is 0 Å². The number of rotatable bonds is 7. The number of hydrogen-bond acceptors (Lipinski definition) is 2. The molecule has 2 aromatic rings. The molecule has 2 aromatic carbocycles. The van der Waals surface area contributed by atoms with Crippen molar-refractivity contribution in [2.75, 3.05) is 10.6 Å². The van der Waals surface area contributed by atoms with Gasteiger partial charge >= 0.3 is 0 Å². The fourth-order valence-corrected chi connectivity index (χ4v) is 2.76. The first-order valence-corrected chi connectivity index (χ1v) is 9.61. The van der Waals surface area contributed by atoms with Crippen LogP contribution >= 0.6 is 0 Å². The van der Waals surface area contributed by atoms with E-state index >= 15 is 0 Å². The molecule has 0 radical (unpaired) electrons. The molecule has 0 aliphatic carbocycles. The van der Waals surface area contributed by atoms with Crippen LogP contribution in [0, 0.1) is 0 Å². The van der Waals surface area contributed by atoms with Crippen LogP contribution in [-0.2, 0) is 10.2 Å². The number of hydrogen-bond donors (Lipinski definition) is 2. The van der Waals surface area contributed by atoms with Crippen molar-refractivity contribution in [3.05, 3.63) is 59.7 Å². The monoisotopic (exact) mass is 366 g/mol. The molecule has 27 heavy (non-hydrogen) atoms. The third-order valence-corrected chi connectivity index (χ3v) is 4.42. The number of carbonyl (C=O) groups is 2. The van der Waals surface area contributed by atoms with Gasteiger partial charge in [-0.2, -0.15) is 0 Å². The molecule has 0 saturated heterocycles. The summed E-state index contributed by atoms with van der Waals surface area (Å²) in [6, 6.07) is 14.9. The highest BCUT2D eigenvalue weighted by atomic mass is 16.2. The number of amides is 2. The predicted octanol–water partition coefficient (Wildman–Crippen LogP) is 5.76. The topological polar surface area (TPSA) is 58.2 Å². The quantitative estimate of drug-likeness (QED) is 0.613. The summed E-state index contributed by atoms with van der Waals surface area (Å²) in [5, 5.41) is 5.78. The van der Waals surface area contributed by atoms with Crippen molar-refractivity contribution in [3.8, 4) is 0 Å². The first-order chi connectivity index (χ1) is 12.8. The van der Waals surface area contributed by atoms with E-state index < -0.39 is 0 Å². The van der Waals surface area contributed by atoms with Crippen LogP contribution in [-0.4, -0.2) is 11.8 Å². The molecule has 4 heteroatoms. The third kappa shape index (κ3) is 6.55. The van der Waals surface area contributed by atoms with Gasteiger partial charge in [0, 0.05) is 23.4 Å². The van der Waals surface area contributed by atoms with Gasteiger partial charge in [0.05, 0.1) is 0 Å². The van der Waals surface area contributed by atoms with Crippen molar-refractivity contribution in [1.29, 1.82) is 0 Å². The average Bonchev–Trinajstić information content (AvgIpc) is 2.61. The Morgan fingerprint density at radius 3 is 2.11 bits per heavy atom. The lowest BCUT2D eigenvalue weighted by atomic mass is 9.87. The second-order valence-corrected chi connectivity index (χ2v) is 7.87. The van der Waals surface area contributed by atoms with E-state index in [1.54, 1.807) is 6.07 Å². The van der Waals surface area contributed by atoms with E-state index in [9.17, 15) is 9.59 Å². The zero-order valence-corrected chi connectivity index (χ0v) is 16.8. The van der Waals surface area contributed by atoms with E-state index in [1.165, 1.54) is 5.56 Å². The van der Waals surface area contributed by atoms with Gasteiger partial charge in [0.15, 0.2) is 0 Å². The maximum atomic E-state index is 12.5. The zero-order valence-electron chi connectivity index (χ0n) is 16.8. The van der Waals surface area contributed by atoms with Crippen LogP contribution in [0.1, 0.15) is 69.3 Å². The summed E-state index contributed by atoms with van der Waals surface area (Å²) in [5.41, 5.74) is 3.20. The van der Waals surface area contributed by atoms with Crippen molar-refractivity contribution >= 4 is 23.2 Å². The first kappa shape index (κ1) is 20.7. The fraction of sp³-hybridized carbons (Fsp3) is 0.391. The Kier molecular flexibility index (Phi) is 7.17. The van der Waals surface area contributed by atoms with Gasteiger partial charge in [-0.3, -0.25) is 9.59 Å². The van der Waals surface area contributed by atoms with Crippen LogP contribution in [0.15, 0.2) is 48.5 Å². The Morgan fingerprint density at radius 1 is 0.889 bits per heavy atom. The third-order valence-electron chi connectivity index (χ3n) is 4.42. The lowest BCUT2D eigenvalue weighted by molar-refractivity contribution is -0.116. The molecule has 0 heterocycles. The molecule has 0 unspecified atom stereocenters. The van der Waals surface area contributed by atoms with Crippen molar-refractivity contribution in [1.82, 2.24) is 0 Å². The van der Waals surface area contributed by atoms with Gasteiger partial charge in [0.1, 0.15) is 0 Å². The van der Waals surface area contributed by atoms with Crippen molar-refractivity contribution < 1.29 is 9.59 Å². The highest BCUT2D eigenvalue weighted by molar-refractivity contribution is 6.04. The summed E-state index contributed by atoms with van der Waals surface area (Å²) in [7, 11) is 0. The minimum absolute atomic E-state index is 0.00435. The molecule has 0 aliphatic heterocycles. The summed E-state index contributed by atoms with van der Waals surface area (Å²) in [5.74, 6) is -0.161. The minimum Gasteiger partial charge on any atom is -0.326 e. The molecule has 0 aromatic heterocycles. The van der Waals surface area contributed by atoms with Gasteiger partial charge in [0.25, 0.3) is 5.91 Å². The standard InChI is InChI=1S/C23H30N2O2/c1-5-6-7-11-21(26)24-19-9-8-10-20(16-19)25-22(27)17-12-14-18(15-13-17)23(2,3)4/h8-10,12-16H,5-7,11H2,1-4H3,(H,24,26)(H,25,27). The van der Waals surface area contributed by atoms with E-state index in [2.05, 4.69) is 38.3 Å². The summed E-state index contributed by atoms with van der Waals surface area (Å²) in [4.78, 5) is 24.4. The molecular weight excluding hydrogens is 336 g/mol. The molecule has 144 valence electrons. The maximum absolute atomic E-state index is 12.5. The predicted molar refractivity (Wildman–Crippen MR) is 112 cm³/mol. The highest BCUT2D eigenvalue weighted by Gasteiger charge is 2.14. The van der Waals surface area contributed by atoms with E-state index in [0.717, 1.165) is 19.3 Å². The summed E-state index contributed by atoms with van der Waals surface area (Å²) in [6.45, 7) is 8.54. The Labute approximate surface area is 162 Å². The number of benzene rings is 2. The van der Waals surface area contributed by atoms with Crippen molar-refractivity contribution in [2.45, 2.75) is 58.8 Å². The Hall–Kier alpha value is -2.62. The van der Waals surface area contributed by atoms with E-state index in [4.69, 9.17) is 0 Å². The smallest absolute Gasteiger partial charge is 0.255 e. The van der Waals surface area contributed by atoms with Gasteiger partial charge in [-0.15, -0.1) is 0 Å². The maximum Gasteiger partial charge on any atom is 0.255 e. The fourth-order valence-electron chi connectivity index (χ4n) is 2.76. The minimum atomic E-state index is -0.165. The molecule has 0 spiro atoms. The van der Waals surface area contributed by atoms with Crippen LogP contribution in [0.5, 0.6) is 0 Å². The molecule has 0 saturated carbocycles. The molecule has 0 bridgehead atoms. The largest absolute Gasteiger partial charge is 0.326 e. The Bertz CT molecular complexity index is 774.